The van der Waals surface area contributed by atoms with Gasteiger partial charge >= 0.3 is 0 Å². The molecule has 0 unspecified atom stereocenters. The number of hydrogen-bond donors (Lipinski definition) is 2. The summed E-state index contributed by atoms with van der Waals surface area (Å²) in [5.74, 6) is 0.00543. The van der Waals surface area contributed by atoms with E-state index in [4.69, 9.17) is 11.6 Å². The first kappa shape index (κ1) is 13.0. The first-order valence-corrected chi connectivity index (χ1v) is 5.86. The summed E-state index contributed by atoms with van der Waals surface area (Å²) in [7, 11) is 0. The zero-order valence-corrected chi connectivity index (χ0v) is 10.2. The van der Waals surface area contributed by atoms with Crippen molar-refractivity contribution in [1.82, 2.24) is 5.32 Å². The summed E-state index contributed by atoms with van der Waals surface area (Å²) < 4.78 is 0. The van der Waals surface area contributed by atoms with Gasteiger partial charge in [0.15, 0.2) is 0 Å². The summed E-state index contributed by atoms with van der Waals surface area (Å²) in [6.07, 6.45) is 1.56. The van der Waals surface area contributed by atoms with Gasteiger partial charge in [0.2, 0.25) is 5.91 Å². The van der Waals surface area contributed by atoms with Crippen LogP contribution in [0.1, 0.15) is 19.8 Å². The molecule has 0 saturated carbocycles. The quantitative estimate of drug-likeness (QED) is 0.751. The lowest BCUT2D eigenvalue weighted by Gasteiger charge is -2.06. The lowest BCUT2D eigenvalue weighted by atomic mass is 10.3. The van der Waals surface area contributed by atoms with Crippen LogP contribution in [0.4, 0.5) is 5.69 Å². The van der Waals surface area contributed by atoms with E-state index in [0.717, 1.165) is 18.7 Å². The molecule has 0 bridgehead atoms. The molecule has 4 heteroatoms. The van der Waals surface area contributed by atoms with Crippen LogP contribution in [0.2, 0.25) is 5.02 Å². The van der Waals surface area contributed by atoms with Crippen LogP contribution in [-0.4, -0.2) is 19.0 Å². The summed E-state index contributed by atoms with van der Waals surface area (Å²) in [4.78, 5) is 11.5. The summed E-state index contributed by atoms with van der Waals surface area (Å²) in [5.41, 5.74) is 0.744. The predicted molar refractivity (Wildman–Crippen MR) is 67.9 cm³/mol. The molecule has 0 aliphatic rings. The van der Waals surface area contributed by atoms with Crippen molar-refractivity contribution in [3.05, 3.63) is 29.3 Å². The van der Waals surface area contributed by atoms with Crippen molar-refractivity contribution < 1.29 is 4.79 Å². The number of halogens is 1. The van der Waals surface area contributed by atoms with Gasteiger partial charge in [0.05, 0.1) is 0 Å². The minimum absolute atomic E-state index is 0.00543. The van der Waals surface area contributed by atoms with Gasteiger partial charge in [-0.3, -0.25) is 4.79 Å². The molecule has 2 N–H and O–H groups in total. The van der Waals surface area contributed by atoms with Crippen LogP contribution in [0.5, 0.6) is 0 Å². The third kappa shape index (κ3) is 5.14. The van der Waals surface area contributed by atoms with Gasteiger partial charge in [0, 0.05) is 23.7 Å². The fourth-order valence-corrected chi connectivity index (χ4v) is 1.48. The van der Waals surface area contributed by atoms with Crippen molar-refractivity contribution in [2.24, 2.45) is 0 Å². The average molecular weight is 241 g/mol. The Labute approximate surface area is 101 Å². The first-order valence-electron chi connectivity index (χ1n) is 5.48. The Morgan fingerprint density at radius 1 is 1.38 bits per heavy atom. The minimum atomic E-state index is 0.00543. The van der Waals surface area contributed by atoms with E-state index in [2.05, 4.69) is 17.6 Å². The van der Waals surface area contributed by atoms with Crippen LogP contribution in [-0.2, 0) is 4.79 Å². The Morgan fingerprint density at radius 3 is 2.88 bits per heavy atom. The number of carbonyl (C=O) groups is 1. The molecular formula is C12H17ClN2O. The third-order valence-electron chi connectivity index (χ3n) is 2.06. The molecule has 3 nitrogen and oxygen atoms in total. The van der Waals surface area contributed by atoms with Crippen LogP contribution in [0.3, 0.4) is 0 Å². The van der Waals surface area contributed by atoms with Gasteiger partial charge < -0.3 is 10.6 Å². The maximum absolute atomic E-state index is 11.5. The summed E-state index contributed by atoms with van der Waals surface area (Å²) in [6, 6.07) is 7.15. The van der Waals surface area contributed by atoms with Gasteiger partial charge in [-0.1, -0.05) is 24.6 Å². The van der Waals surface area contributed by atoms with Crippen molar-refractivity contribution >= 4 is 23.2 Å². The molecule has 16 heavy (non-hydrogen) atoms. The molecular weight excluding hydrogens is 224 g/mol. The molecule has 0 aromatic heterocycles. The highest BCUT2D eigenvalue weighted by Crippen LogP contribution is 2.14. The summed E-state index contributed by atoms with van der Waals surface area (Å²) in [5, 5.41) is 6.60. The fraction of sp³-hybridized carbons (Fsp3) is 0.417. The Balaban J connectivity index is 2.29. The summed E-state index contributed by atoms with van der Waals surface area (Å²) >= 11 is 5.81. The largest absolute Gasteiger partial charge is 0.326 e. The van der Waals surface area contributed by atoms with Gasteiger partial charge in [0.1, 0.15) is 0 Å². The Bertz CT molecular complexity index is 342. The second kappa shape index (κ2) is 7.25. The molecule has 0 atom stereocenters. The van der Waals surface area contributed by atoms with Crippen LogP contribution in [0, 0.1) is 0 Å². The molecule has 88 valence electrons. The average Bonchev–Trinajstić information content (AvgIpc) is 2.24. The number of benzene rings is 1. The van der Waals surface area contributed by atoms with Crippen LogP contribution >= 0.6 is 11.6 Å². The van der Waals surface area contributed by atoms with Crippen LogP contribution in [0.25, 0.3) is 0 Å². The lowest BCUT2D eigenvalue weighted by molar-refractivity contribution is -0.116. The van der Waals surface area contributed by atoms with Crippen LogP contribution in [0.15, 0.2) is 24.3 Å². The van der Waals surface area contributed by atoms with Gasteiger partial charge in [-0.2, -0.15) is 0 Å². The zero-order chi connectivity index (χ0) is 11.8. The first-order chi connectivity index (χ1) is 7.72. The number of anilines is 1. The molecule has 0 radical (unpaired) electrons. The molecule has 0 heterocycles. The highest BCUT2D eigenvalue weighted by molar-refractivity contribution is 6.30. The van der Waals surface area contributed by atoms with E-state index in [0.29, 0.717) is 18.0 Å². The van der Waals surface area contributed by atoms with Crippen molar-refractivity contribution in [2.75, 3.05) is 18.4 Å². The van der Waals surface area contributed by atoms with E-state index in [1.807, 2.05) is 12.1 Å². The SMILES string of the molecule is CCCNCCC(=O)Nc1cccc(Cl)c1. The predicted octanol–water partition coefficient (Wildman–Crippen LogP) is 2.67. The van der Waals surface area contributed by atoms with Crippen molar-refractivity contribution in [3.63, 3.8) is 0 Å². The normalized spacial score (nSPS) is 10.1. The van der Waals surface area contributed by atoms with E-state index in [1.54, 1.807) is 12.1 Å². The molecule has 1 aromatic carbocycles. The number of amides is 1. The number of hydrogen-bond acceptors (Lipinski definition) is 2. The molecule has 1 aromatic rings. The van der Waals surface area contributed by atoms with Gasteiger partial charge in [-0.15, -0.1) is 0 Å². The standard InChI is InChI=1S/C12H17ClN2O/c1-2-7-14-8-6-12(16)15-11-5-3-4-10(13)9-11/h3-5,9,14H,2,6-8H2,1H3,(H,15,16). The van der Waals surface area contributed by atoms with E-state index in [9.17, 15) is 4.79 Å². The van der Waals surface area contributed by atoms with E-state index >= 15 is 0 Å². The molecule has 0 fully saturated rings. The molecule has 0 spiro atoms. The summed E-state index contributed by atoms with van der Waals surface area (Å²) in [6.45, 7) is 3.75. The number of carbonyl (C=O) groups excluding carboxylic acids is 1. The second-order valence-electron chi connectivity index (χ2n) is 3.56. The molecule has 0 aliphatic heterocycles. The van der Waals surface area contributed by atoms with E-state index in [1.165, 1.54) is 0 Å². The van der Waals surface area contributed by atoms with E-state index < -0.39 is 0 Å². The lowest BCUT2D eigenvalue weighted by Crippen LogP contribution is -2.22. The zero-order valence-electron chi connectivity index (χ0n) is 9.42. The van der Waals surface area contributed by atoms with Gasteiger partial charge in [0.25, 0.3) is 0 Å². The molecule has 0 aliphatic carbocycles. The Hall–Kier alpha value is -1.06. The Morgan fingerprint density at radius 2 is 2.19 bits per heavy atom. The molecule has 1 amide bonds. The van der Waals surface area contributed by atoms with Crippen molar-refractivity contribution in [2.45, 2.75) is 19.8 Å². The van der Waals surface area contributed by atoms with Gasteiger partial charge in [-0.05, 0) is 31.2 Å². The number of rotatable bonds is 6. The monoisotopic (exact) mass is 240 g/mol. The fourth-order valence-electron chi connectivity index (χ4n) is 1.29. The topological polar surface area (TPSA) is 41.1 Å². The highest BCUT2D eigenvalue weighted by atomic mass is 35.5. The Kier molecular flexibility index (Phi) is 5.90. The second-order valence-corrected chi connectivity index (χ2v) is 3.99. The number of nitrogens with one attached hydrogen (secondary N) is 2. The molecule has 1 rings (SSSR count). The smallest absolute Gasteiger partial charge is 0.225 e. The van der Waals surface area contributed by atoms with Crippen LogP contribution < -0.4 is 10.6 Å². The maximum Gasteiger partial charge on any atom is 0.225 e. The van der Waals surface area contributed by atoms with Crippen molar-refractivity contribution in [3.8, 4) is 0 Å². The van der Waals surface area contributed by atoms with Crippen molar-refractivity contribution in [1.29, 1.82) is 0 Å². The van der Waals surface area contributed by atoms with E-state index in [-0.39, 0.29) is 5.91 Å². The highest BCUT2D eigenvalue weighted by Gasteiger charge is 2.01. The maximum atomic E-state index is 11.5. The van der Waals surface area contributed by atoms with Gasteiger partial charge in [-0.25, -0.2) is 0 Å². The third-order valence-corrected chi connectivity index (χ3v) is 2.30. The minimum Gasteiger partial charge on any atom is -0.326 e. The molecule has 0 saturated heterocycles.